The molecule has 0 aromatic carbocycles. The fourth-order valence-corrected chi connectivity index (χ4v) is 2.47. The van der Waals surface area contributed by atoms with Crippen molar-refractivity contribution in [2.45, 2.75) is 53.5 Å². The number of nitrogens with zero attached hydrogens (tertiary/aromatic N) is 2. The largest absolute Gasteiger partial charge is 0.298 e. The highest BCUT2D eigenvalue weighted by Crippen LogP contribution is 2.20. The Balaban J connectivity index is 2.34. The fourth-order valence-electron chi connectivity index (χ4n) is 2.47. The summed E-state index contributed by atoms with van der Waals surface area (Å²) < 4.78 is 0. The SMILES string of the molecule is CC(C)(C)CC(=O)CN1CCN(C(C)(C)C)CC1. The zero-order valence-corrected chi connectivity index (χ0v) is 13.0. The first-order valence-corrected chi connectivity index (χ1v) is 7.07. The molecule has 0 unspecified atom stereocenters. The van der Waals surface area contributed by atoms with E-state index in [-0.39, 0.29) is 11.0 Å². The molecule has 18 heavy (non-hydrogen) atoms. The van der Waals surface area contributed by atoms with Gasteiger partial charge in [0.2, 0.25) is 0 Å². The molecule has 106 valence electrons. The number of carbonyl (C=O) groups excluding carboxylic acids is 1. The van der Waals surface area contributed by atoms with Crippen molar-refractivity contribution < 1.29 is 4.79 Å². The average Bonchev–Trinajstić information content (AvgIpc) is 2.13. The van der Waals surface area contributed by atoms with E-state index in [0.717, 1.165) is 26.2 Å². The molecule has 0 spiro atoms. The second-order valence-electron chi connectivity index (χ2n) is 7.71. The molecule has 1 aliphatic rings. The van der Waals surface area contributed by atoms with Crippen LogP contribution in [0, 0.1) is 5.41 Å². The summed E-state index contributed by atoms with van der Waals surface area (Å²) in [5.41, 5.74) is 0.367. The van der Waals surface area contributed by atoms with Crippen molar-refractivity contribution in [3.8, 4) is 0 Å². The van der Waals surface area contributed by atoms with Crippen LogP contribution in [-0.4, -0.2) is 53.8 Å². The Labute approximate surface area is 113 Å². The third-order valence-electron chi connectivity index (χ3n) is 3.45. The lowest BCUT2D eigenvalue weighted by molar-refractivity contribution is -0.122. The highest BCUT2D eigenvalue weighted by Gasteiger charge is 2.27. The minimum absolute atomic E-state index is 0.115. The number of hydrogen-bond acceptors (Lipinski definition) is 3. The first-order chi connectivity index (χ1) is 8.08. The zero-order chi connectivity index (χ0) is 14.0. The first kappa shape index (κ1) is 15.6. The summed E-state index contributed by atoms with van der Waals surface area (Å²) in [5, 5.41) is 0. The standard InChI is InChI=1S/C15H30N2O/c1-14(2,3)11-13(18)12-16-7-9-17(10-8-16)15(4,5)6/h7-12H2,1-6H3. The van der Waals surface area contributed by atoms with Gasteiger partial charge in [-0.05, 0) is 26.2 Å². The van der Waals surface area contributed by atoms with Crippen LogP contribution < -0.4 is 0 Å². The van der Waals surface area contributed by atoms with Crippen molar-refractivity contribution in [3.63, 3.8) is 0 Å². The highest BCUT2D eigenvalue weighted by atomic mass is 16.1. The van der Waals surface area contributed by atoms with Gasteiger partial charge in [-0.1, -0.05) is 20.8 Å². The molecule has 0 bridgehead atoms. The summed E-state index contributed by atoms with van der Waals surface area (Å²) in [6.45, 7) is 18.0. The molecular weight excluding hydrogens is 224 g/mol. The quantitative estimate of drug-likeness (QED) is 0.773. The minimum atomic E-state index is 0.115. The topological polar surface area (TPSA) is 23.6 Å². The molecule has 0 amide bonds. The van der Waals surface area contributed by atoms with Crippen molar-refractivity contribution in [2.75, 3.05) is 32.7 Å². The summed E-state index contributed by atoms with van der Waals surface area (Å²) in [5.74, 6) is 0.381. The van der Waals surface area contributed by atoms with Gasteiger partial charge in [-0.25, -0.2) is 0 Å². The number of hydrogen-bond donors (Lipinski definition) is 0. The van der Waals surface area contributed by atoms with Crippen LogP contribution in [0.15, 0.2) is 0 Å². The number of Topliss-reactive ketones (excluding diaryl/α,β-unsaturated/α-hetero) is 1. The van der Waals surface area contributed by atoms with Gasteiger partial charge < -0.3 is 0 Å². The predicted octanol–water partition coefficient (Wildman–Crippen LogP) is 2.41. The number of piperazine rings is 1. The molecule has 1 fully saturated rings. The minimum Gasteiger partial charge on any atom is -0.298 e. The van der Waals surface area contributed by atoms with Crippen LogP contribution >= 0.6 is 0 Å². The van der Waals surface area contributed by atoms with E-state index in [0.29, 0.717) is 18.7 Å². The van der Waals surface area contributed by atoms with E-state index in [4.69, 9.17) is 0 Å². The van der Waals surface area contributed by atoms with E-state index in [9.17, 15) is 4.79 Å². The molecule has 0 atom stereocenters. The molecule has 0 aromatic heterocycles. The Morgan fingerprint density at radius 1 is 0.944 bits per heavy atom. The van der Waals surface area contributed by atoms with Gasteiger partial charge in [-0.2, -0.15) is 0 Å². The van der Waals surface area contributed by atoms with E-state index >= 15 is 0 Å². The number of ketones is 1. The Bertz CT molecular complexity index is 278. The molecule has 1 heterocycles. The second-order valence-corrected chi connectivity index (χ2v) is 7.71. The lowest BCUT2D eigenvalue weighted by Gasteiger charge is -2.42. The smallest absolute Gasteiger partial charge is 0.147 e. The molecule has 0 saturated carbocycles. The summed E-state index contributed by atoms with van der Waals surface area (Å²) >= 11 is 0. The van der Waals surface area contributed by atoms with Gasteiger partial charge in [0.15, 0.2) is 0 Å². The van der Waals surface area contributed by atoms with Gasteiger partial charge in [0, 0.05) is 38.1 Å². The third-order valence-corrected chi connectivity index (χ3v) is 3.45. The predicted molar refractivity (Wildman–Crippen MR) is 76.8 cm³/mol. The molecule has 0 N–H and O–H groups in total. The van der Waals surface area contributed by atoms with Crippen molar-refractivity contribution in [2.24, 2.45) is 5.41 Å². The Hall–Kier alpha value is -0.410. The lowest BCUT2D eigenvalue weighted by atomic mass is 9.90. The van der Waals surface area contributed by atoms with Crippen molar-refractivity contribution in [1.82, 2.24) is 9.80 Å². The molecule has 1 aliphatic heterocycles. The highest BCUT2D eigenvalue weighted by molar-refractivity contribution is 5.81. The van der Waals surface area contributed by atoms with E-state index in [1.165, 1.54) is 0 Å². The van der Waals surface area contributed by atoms with Gasteiger partial charge in [0.25, 0.3) is 0 Å². The second kappa shape index (κ2) is 5.70. The number of rotatable bonds is 3. The molecule has 0 radical (unpaired) electrons. The summed E-state index contributed by atoms with van der Waals surface area (Å²) in [6, 6.07) is 0. The van der Waals surface area contributed by atoms with Crippen molar-refractivity contribution in [3.05, 3.63) is 0 Å². The first-order valence-electron chi connectivity index (χ1n) is 7.07. The van der Waals surface area contributed by atoms with Gasteiger partial charge >= 0.3 is 0 Å². The molecular formula is C15H30N2O. The summed E-state index contributed by atoms with van der Waals surface area (Å²) in [4.78, 5) is 16.7. The molecule has 1 saturated heterocycles. The molecule has 3 heteroatoms. The van der Waals surface area contributed by atoms with Crippen LogP contribution in [-0.2, 0) is 4.79 Å². The molecule has 0 aromatic rings. The van der Waals surface area contributed by atoms with Gasteiger partial charge in [0.05, 0.1) is 6.54 Å². The van der Waals surface area contributed by atoms with E-state index in [1.807, 2.05) is 0 Å². The van der Waals surface area contributed by atoms with E-state index in [2.05, 4.69) is 51.3 Å². The summed E-state index contributed by atoms with van der Waals surface area (Å²) in [6.07, 6.45) is 0.687. The van der Waals surface area contributed by atoms with Crippen LogP contribution in [0.5, 0.6) is 0 Å². The maximum atomic E-state index is 12.0. The van der Waals surface area contributed by atoms with Gasteiger partial charge in [-0.15, -0.1) is 0 Å². The van der Waals surface area contributed by atoms with Crippen LogP contribution in [0.25, 0.3) is 0 Å². The Morgan fingerprint density at radius 2 is 1.44 bits per heavy atom. The van der Waals surface area contributed by atoms with Crippen LogP contribution in [0.3, 0.4) is 0 Å². The lowest BCUT2D eigenvalue weighted by Crippen LogP contribution is -2.54. The maximum Gasteiger partial charge on any atom is 0.147 e. The van der Waals surface area contributed by atoms with Gasteiger partial charge in [-0.3, -0.25) is 14.6 Å². The molecule has 1 rings (SSSR count). The Kier molecular flexibility index (Phi) is 4.96. The van der Waals surface area contributed by atoms with Gasteiger partial charge in [0.1, 0.15) is 5.78 Å². The van der Waals surface area contributed by atoms with E-state index in [1.54, 1.807) is 0 Å². The Morgan fingerprint density at radius 3 is 1.83 bits per heavy atom. The van der Waals surface area contributed by atoms with E-state index < -0.39 is 0 Å². The van der Waals surface area contributed by atoms with Crippen LogP contribution in [0.2, 0.25) is 0 Å². The zero-order valence-electron chi connectivity index (χ0n) is 13.0. The molecule has 0 aliphatic carbocycles. The molecule has 3 nitrogen and oxygen atoms in total. The maximum absolute atomic E-state index is 12.0. The van der Waals surface area contributed by atoms with Crippen LogP contribution in [0.1, 0.15) is 48.0 Å². The average molecular weight is 254 g/mol. The van der Waals surface area contributed by atoms with Crippen molar-refractivity contribution in [1.29, 1.82) is 0 Å². The summed E-state index contributed by atoms with van der Waals surface area (Å²) in [7, 11) is 0. The monoisotopic (exact) mass is 254 g/mol. The third kappa shape index (κ3) is 5.49. The fraction of sp³-hybridized carbons (Fsp3) is 0.933. The van der Waals surface area contributed by atoms with Crippen LogP contribution in [0.4, 0.5) is 0 Å². The normalized spacial score (nSPS) is 20.1. The number of carbonyl (C=O) groups is 1. The van der Waals surface area contributed by atoms with Crippen molar-refractivity contribution >= 4 is 5.78 Å².